The van der Waals surface area contributed by atoms with Crippen molar-refractivity contribution in [3.8, 4) is 0 Å². The number of rotatable bonds is 9. The fourth-order valence-electron chi connectivity index (χ4n) is 2.44. The topological polar surface area (TPSA) is 139 Å². The van der Waals surface area contributed by atoms with E-state index in [-0.39, 0.29) is 42.4 Å². The van der Waals surface area contributed by atoms with E-state index in [1.165, 1.54) is 30.5 Å². The summed E-state index contributed by atoms with van der Waals surface area (Å²) in [7, 11) is 0. The molecular formula is C17H19N5O5S. The molecule has 0 aliphatic heterocycles. The van der Waals surface area contributed by atoms with Crippen LogP contribution >= 0.6 is 11.8 Å². The zero-order valence-electron chi connectivity index (χ0n) is 14.8. The lowest BCUT2D eigenvalue weighted by Crippen LogP contribution is -2.30. The zero-order valence-corrected chi connectivity index (χ0v) is 15.6. The normalized spacial score (nSPS) is 13.2. The van der Waals surface area contributed by atoms with Gasteiger partial charge in [0.25, 0.3) is 5.69 Å². The summed E-state index contributed by atoms with van der Waals surface area (Å²) in [6, 6.07) is 5.75. The van der Waals surface area contributed by atoms with E-state index in [1.54, 1.807) is 4.57 Å². The van der Waals surface area contributed by atoms with Crippen LogP contribution in [0.2, 0.25) is 0 Å². The number of nitro groups is 1. The second-order valence-electron chi connectivity index (χ2n) is 6.26. The molecule has 11 heteroatoms. The van der Waals surface area contributed by atoms with Gasteiger partial charge in [0.1, 0.15) is 6.54 Å². The molecule has 1 aliphatic rings. The quantitative estimate of drug-likeness (QED) is 0.324. The maximum atomic E-state index is 12.1. The molecule has 1 fully saturated rings. The summed E-state index contributed by atoms with van der Waals surface area (Å²) < 4.78 is 1.58. The Morgan fingerprint density at radius 1 is 1.29 bits per heavy atom. The molecule has 0 saturated heterocycles. The Balaban J connectivity index is 1.57. The third kappa shape index (κ3) is 5.30. The maximum absolute atomic E-state index is 12.1. The first kappa shape index (κ1) is 19.8. The number of carbonyl (C=O) groups excluding carboxylic acids is 2. The predicted molar refractivity (Wildman–Crippen MR) is 102 cm³/mol. The first-order valence-electron chi connectivity index (χ1n) is 8.58. The van der Waals surface area contributed by atoms with Crippen LogP contribution in [0.3, 0.4) is 0 Å². The minimum atomic E-state index is -0.514. The molecule has 3 rings (SSSR count). The number of thioether (sulfide) groups is 1. The molecule has 2 amide bonds. The molecule has 1 heterocycles. The molecule has 1 aromatic carbocycles. The van der Waals surface area contributed by atoms with Gasteiger partial charge >= 0.3 is 0 Å². The van der Waals surface area contributed by atoms with Crippen LogP contribution in [0.1, 0.15) is 18.5 Å². The molecule has 3 N–H and O–H groups in total. The van der Waals surface area contributed by atoms with Gasteiger partial charge < -0.3 is 20.3 Å². The highest BCUT2D eigenvalue weighted by atomic mass is 32.2. The van der Waals surface area contributed by atoms with Gasteiger partial charge in [-0.3, -0.25) is 19.7 Å². The fraction of sp³-hybridized carbons (Fsp3) is 0.353. The molecule has 1 aliphatic carbocycles. The minimum Gasteiger partial charge on any atom is -0.390 e. The van der Waals surface area contributed by atoms with Crippen molar-refractivity contribution in [2.75, 3.05) is 11.1 Å². The Labute approximate surface area is 164 Å². The van der Waals surface area contributed by atoms with Gasteiger partial charge in [0.2, 0.25) is 11.8 Å². The Morgan fingerprint density at radius 3 is 2.61 bits per heavy atom. The fourth-order valence-corrected chi connectivity index (χ4v) is 3.24. The largest absolute Gasteiger partial charge is 0.390 e. The standard InChI is InChI=1S/C17H19N5O5S/c23-9-14-7-18-17(21(14)8-15(24)19-11-1-2-11)28-10-16(25)20-12-3-5-13(6-4-12)22(26)27/h3-7,11,23H,1-2,8-10H2,(H,19,24)(H,20,25). The molecule has 2 aromatic rings. The third-order valence-electron chi connectivity index (χ3n) is 4.00. The molecule has 10 nitrogen and oxygen atoms in total. The number of hydrogen-bond donors (Lipinski definition) is 3. The number of aliphatic hydroxyl groups is 1. The van der Waals surface area contributed by atoms with Gasteiger partial charge in [-0.25, -0.2) is 4.98 Å². The van der Waals surface area contributed by atoms with Crippen molar-refractivity contribution in [1.82, 2.24) is 14.9 Å². The number of non-ortho nitro benzene ring substituents is 1. The smallest absolute Gasteiger partial charge is 0.269 e. The number of nitro benzene ring substituents is 1. The van der Waals surface area contributed by atoms with E-state index in [4.69, 9.17) is 0 Å². The van der Waals surface area contributed by atoms with Crippen molar-refractivity contribution in [3.63, 3.8) is 0 Å². The molecule has 0 atom stereocenters. The van der Waals surface area contributed by atoms with E-state index in [0.29, 0.717) is 16.5 Å². The number of aliphatic hydroxyl groups excluding tert-OH is 1. The zero-order chi connectivity index (χ0) is 20.1. The van der Waals surface area contributed by atoms with Crippen molar-refractivity contribution in [2.45, 2.75) is 37.2 Å². The monoisotopic (exact) mass is 405 g/mol. The van der Waals surface area contributed by atoms with Crippen LogP contribution in [-0.2, 0) is 22.7 Å². The number of nitrogens with zero attached hydrogens (tertiary/aromatic N) is 3. The third-order valence-corrected chi connectivity index (χ3v) is 4.99. The Morgan fingerprint density at radius 2 is 2.00 bits per heavy atom. The van der Waals surface area contributed by atoms with Crippen LogP contribution in [0, 0.1) is 10.1 Å². The van der Waals surface area contributed by atoms with E-state index in [0.717, 1.165) is 24.6 Å². The van der Waals surface area contributed by atoms with Crippen molar-refractivity contribution in [2.24, 2.45) is 0 Å². The highest BCUT2D eigenvalue weighted by molar-refractivity contribution is 7.99. The lowest BCUT2D eigenvalue weighted by atomic mass is 10.3. The first-order chi connectivity index (χ1) is 13.5. The van der Waals surface area contributed by atoms with Gasteiger partial charge in [-0.1, -0.05) is 11.8 Å². The van der Waals surface area contributed by atoms with Crippen LogP contribution in [0.5, 0.6) is 0 Å². The summed E-state index contributed by atoms with van der Waals surface area (Å²) in [6.07, 6.45) is 3.43. The lowest BCUT2D eigenvalue weighted by molar-refractivity contribution is -0.384. The van der Waals surface area contributed by atoms with E-state index >= 15 is 0 Å². The second-order valence-corrected chi connectivity index (χ2v) is 7.20. The summed E-state index contributed by atoms with van der Waals surface area (Å²) in [5, 5.41) is 26.1. The Hall–Kier alpha value is -2.92. The van der Waals surface area contributed by atoms with Gasteiger partial charge in [-0.2, -0.15) is 0 Å². The van der Waals surface area contributed by atoms with Gasteiger partial charge in [0, 0.05) is 23.9 Å². The van der Waals surface area contributed by atoms with Crippen LogP contribution in [0.25, 0.3) is 0 Å². The summed E-state index contributed by atoms with van der Waals surface area (Å²) in [5.41, 5.74) is 0.874. The van der Waals surface area contributed by atoms with E-state index in [2.05, 4.69) is 15.6 Å². The van der Waals surface area contributed by atoms with Crippen LogP contribution in [0.15, 0.2) is 35.6 Å². The number of imidazole rings is 1. The first-order valence-corrected chi connectivity index (χ1v) is 9.56. The average Bonchev–Trinajstić information content (AvgIpc) is 3.39. The van der Waals surface area contributed by atoms with Crippen LogP contribution in [-0.4, -0.2) is 43.2 Å². The summed E-state index contributed by atoms with van der Waals surface area (Å²) in [4.78, 5) is 38.5. The molecule has 0 spiro atoms. The molecule has 1 aromatic heterocycles. The van der Waals surface area contributed by atoms with Crippen molar-refractivity contribution < 1.29 is 19.6 Å². The number of hydrogen-bond acceptors (Lipinski definition) is 7. The van der Waals surface area contributed by atoms with Gasteiger partial charge in [-0.15, -0.1) is 0 Å². The predicted octanol–water partition coefficient (Wildman–Crippen LogP) is 1.29. The van der Waals surface area contributed by atoms with Gasteiger partial charge in [-0.05, 0) is 25.0 Å². The van der Waals surface area contributed by atoms with Crippen molar-refractivity contribution in [1.29, 1.82) is 0 Å². The number of carbonyl (C=O) groups is 2. The van der Waals surface area contributed by atoms with Gasteiger partial charge in [0.15, 0.2) is 5.16 Å². The van der Waals surface area contributed by atoms with E-state index in [1.807, 2.05) is 0 Å². The van der Waals surface area contributed by atoms with Crippen molar-refractivity contribution in [3.05, 3.63) is 46.3 Å². The summed E-state index contributed by atoms with van der Waals surface area (Å²) in [6.45, 7) is -0.238. The van der Waals surface area contributed by atoms with Crippen molar-refractivity contribution >= 4 is 35.0 Å². The maximum Gasteiger partial charge on any atom is 0.269 e. The van der Waals surface area contributed by atoms with Crippen LogP contribution < -0.4 is 10.6 Å². The lowest BCUT2D eigenvalue weighted by Gasteiger charge is -2.11. The molecular weight excluding hydrogens is 386 g/mol. The van der Waals surface area contributed by atoms with Gasteiger partial charge in [0.05, 0.1) is 29.2 Å². The minimum absolute atomic E-state index is 0.0265. The van der Waals surface area contributed by atoms with E-state index < -0.39 is 4.92 Å². The van der Waals surface area contributed by atoms with Crippen LogP contribution in [0.4, 0.5) is 11.4 Å². The number of benzene rings is 1. The highest BCUT2D eigenvalue weighted by Gasteiger charge is 2.24. The summed E-state index contributed by atoms with van der Waals surface area (Å²) >= 11 is 1.14. The molecule has 1 saturated carbocycles. The average molecular weight is 405 g/mol. The molecule has 0 radical (unpaired) electrons. The molecule has 28 heavy (non-hydrogen) atoms. The Kier molecular flexibility index (Phi) is 6.26. The highest BCUT2D eigenvalue weighted by Crippen LogP contribution is 2.21. The number of amides is 2. The molecule has 0 bridgehead atoms. The molecule has 0 unspecified atom stereocenters. The summed E-state index contributed by atoms with van der Waals surface area (Å²) in [5.74, 6) is -0.447. The molecule has 148 valence electrons. The number of nitrogens with one attached hydrogen (secondary N) is 2. The number of aromatic nitrogens is 2. The van der Waals surface area contributed by atoms with E-state index in [9.17, 15) is 24.8 Å². The SMILES string of the molecule is O=C(CSc1ncc(CO)n1CC(=O)NC1CC1)Nc1ccc([N+](=O)[O-])cc1. The second kappa shape index (κ2) is 8.85. The number of anilines is 1. The Bertz CT molecular complexity index is 879.